The van der Waals surface area contributed by atoms with Crippen molar-refractivity contribution in [2.75, 3.05) is 47.1 Å². The number of methoxy groups -OCH3 is 2. The first-order chi connectivity index (χ1) is 30.0. The highest BCUT2D eigenvalue weighted by molar-refractivity contribution is 9.10. The van der Waals surface area contributed by atoms with Crippen molar-refractivity contribution in [1.82, 2.24) is 9.34 Å². The Balaban J connectivity index is 0.000000173. The highest BCUT2D eigenvalue weighted by atomic mass is 79.9. The fraction of sp³-hybridized carbons (Fsp3) is 0.714. The van der Waals surface area contributed by atoms with Crippen molar-refractivity contribution in [3.05, 3.63) is 57.5 Å². The molecule has 14 atom stereocenters. The van der Waals surface area contributed by atoms with Gasteiger partial charge in [0.2, 0.25) is 19.7 Å². The predicted octanol–water partition coefficient (Wildman–Crippen LogP) is 7.86. The van der Waals surface area contributed by atoms with Gasteiger partial charge in [-0.25, -0.2) is 26.2 Å². The Morgan fingerprint density at radius 1 is 0.762 bits per heavy atom. The third-order valence-electron chi connectivity index (χ3n) is 13.1. The molecule has 7 aliphatic rings. The molecule has 0 aliphatic carbocycles. The molecule has 9 rings (SSSR count). The van der Waals surface area contributed by atoms with Crippen LogP contribution in [0.5, 0.6) is 0 Å². The Kier molecular flexibility index (Phi) is 15.6. The second-order valence-electron chi connectivity index (χ2n) is 18.1. The van der Waals surface area contributed by atoms with E-state index < -0.39 is 77.6 Å². The van der Waals surface area contributed by atoms with Gasteiger partial charge in [-0.05, 0) is 86.1 Å². The van der Waals surface area contributed by atoms with E-state index in [0.29, 0.717) is 23.9 Å². The van der Waals surface area contributed by atoms with Crippen LogP contribution < -0.4 is 0 Å². The molecule has 0 saturated carbocycles. The number of hydrogen-bond donors (Lipinski definition) is 0. The number of fused-ring (bicyclic) bond motifs is 4. The van der Waals surface area contributed by atoms with E-state index in [1.807, 2.05) is 6.92 Å². The van der Waals surface area contributed by atoms with E-state index >= 15 is 0 Å². The van der Waals surface area contributed by atoms with Gasteiger partial charge in [-0.3, -0.25) is 0 Å². The standard InChI is InChI=1S/C21H29BrNO7PS.C21H31BrNO6PS/c1-13(2)17-16-5-4-10-23(16)31(29-17)30-19-18-20(28-21(19,11-26-3)12-27-18)32(24,25)15-8-6-14(22)7-9-15;1-13(2)19-17-6-5-11-23(17)30(28-19)29-20-14(3)21(27-18(20)12-26-4)31(24,25)16-9-7-15(22)8-10-16/h6-9,13,16-20H,4-5,10-12H2,1-3H3;7-10,13-14,17-21H,5-6,11-12H2,1-4H3/t16?,17?,18?,19-,20+,21+,31?;14?,17-,18+,19?,20+,21-,30?/m10/s1. The smallest absolute Gasteiger partial charge is 0.259 e. The minimum atomic E-state index is -3.80. The quantitative estimate of drug-likeness (QED) is 0.168. The van der Waals surface area contributed by atoms with E-state index in [9.17, 15) is 16.8 Å². The Labute approximate surface area is 391 Å². The van der Waals surface area contributed by atoms with E-state index in [2.05, 4.69) is 68.9 Å². The van der Waals surface area contributed by atoms with Crippen LogP contribution in [0.15, 0.2) is 67.3 Å². The summed E-state index contributed by atoms with van der Waals surface area (Å²) < 4.78 is 115. The lowest BCUT2D eigenvalue weighted by Crippen LogP contribution is -2.46. The summed E-state index contributed by atoms with van der Waals surface area (Å²) in [5.74, 6) is 0.418. The molecule has 21 heteroatoms. The van der Waals surface area contributed by atoms with Gasteiger partial charge in [0.1, 0.15) is 30.0 Å². The van der Waals surface area contributed by atoms with E-state index in [0.717, 1.165) is 47.7 Å². The third kappa shape index (κ3) is 9.56. The summed E-state index contributed by atoms with van der Waals surface area (Å²) in [5, 5.41) is 0. The summed E-state index contributed by atoms with van der Waals surface area (Å²) in [6, 6.07) is 13.9. The van der Waals surface area contributed by atoms with Gasteiger partial charge in [0.15, 0.2) is 10.9 Å². The molecule has 0 aromatic heterocycles. The Morgan fingerprint density at radius 3 is 1.76 bits per heavy atom. The first-order valence-electron chi connectivity index (χ1n) is 21.7. The van der Waals surface area contributed by atoms with Gasteiger partial charge in [-0.1, -0.05) is 66.5 Å². The monoisotopic (exact) mass is 1080 g/mol. The van der Waals surface area contributed by atoms with Crippen LogP contribution in [0.25, 0.3) is 0 Å². The molecular formula is C42H60Br2N2O13P2S2. The summed E-state index contributed by atoms with van der Waals surface area (Å²) in [6.07, 6.45) is 2.50. The Hall–Kier alpha value is -0.280. The minimum Gasteiger partial charge on any atom is -0.382 e. The van der Waals surface area contributed by atoms with E-state index in [1.54, 1.807) is 62.8 Å². The molecule has 7 aliphatic heterocycles. The number of sulfone groups is 2. The lowest BCUT2D eigenvalue weighted by atomic mass is 9.99. The Bertz CT molecular complexity index is 2110. The van der Waals surface area contributed by atoms with E-state index in [-0.39, 0.29) is 47.7 Å². The summed E-state index contributed by atoms with van der Waals surface area (Å²) in [4.78, 5) is 0.433. The van der Waals surface area contributed by atoms with E-state index in [1.165, 1.54) is 0 Å². The number of halogens is 2. The zero-order valence-corrected chi connectivity index (χ0v) is 43.3. The molecule has 7 saturated heterocycles. The van der Waals surface area contributed by atoms with Crippen molar-refractivity contribution in [3.8, 4) is 0 Å². The highest BCUT2D eigenvalue weighted by Gasteiger charge is 2.67. The molecular weight excluding hydrogens is 1030 g/mol. The second kappa shape index (κ2) is 20.0. The molecule has 7 heterocycles. The fourth-order valence-corrected chi connectivity index (χ4v) is 18.3. The maximum atomic E-state index is 13.4. The fourth-order valence-electron chi connectivity index (χ4n) is 9.93. The van der Waals surface area contributed by atoms with Crippen LogP contribution in [0.2, 0.25) is 0 Å². The van der Waals surface area contributed by atoms with Gasteiger partial charge in [-0.2, -0.15) is 0 Å². The number of hydrogen-bond acceptors (Lipinski definition) is 15. The van der Waals surface area contributed by atoms with Crippen LogP contribution >= 0.6 is 48.9 Å². The van der Waals surface area contributed by atoms with Crippen LogP contribution in [0.4, 0.5) is 0 Å². The van der Waals surface area contributed by atoms with Crippen molar-refractivity contribution >= 4 is 68.6 Å². The van der Waals surface area contributed by atoms with E-state index in [4.69, 9.17) is 41.8 Å². The van der Waals surface area contributed by atoms with Crippen molar-refractivity contribution in [1.29, 1.82) is 0 Å². The molecule has 0 radical (unpaired) electrons. The molecule has 2 aromatic carbocycles. The highest BCUT2D eigenvalue weighted by Crippen LogP contribution is 2.61. The molecule has 7 unspecified atom stereocenters. The zero-order valence-electron chi connectivity index (χ0n) is 36.7. The second-order valence-corrected chi connectivity index (χ2v) is 26.8. The topological polar surface area (TPSA) is 158 Å². The lowest BCUT2D eigenvalue weighted by molar-refractivity contribution is -0.140. The average molecular weight is 1090 g/mol. The largest absolute Gasteiger partial charge is 0.382 e. The summed E-state index contributed by atoms with van der Waals surface area (Å²) in [6.45, 7) is 13.1. The Morgan fingerprint density at radius 2 is 1.27 bits per heavy atom. The molecule has 0 N–H and O–H groups in total. The maximum absolute atomic E-state index is 13.4. The van der Waals surface area contributed by atoms with Gasteiger partial charge >= 0.3 is 0 Å². The van der Waals surface area contributed by atoms with Crippen LogP contribution in [0, 0.1) is 17.8 Å². The van der Waals surface area contributed by atoms with Crippen LogP contribution in [-0.2, 0) is 61.5 Å². The third-order valence-corrected chi connectivity index (χ3v) is 21.6. The normalized spacial score (nSPS) is 37.9. The number of rotatable bonds is 14. The molecule has 352 valence electrons. The lowest BCUT2D eigenvalue weighted by Gasteiger charge is -2.31. The SMILES string of the molecule is COC[C@H]1O[C@@H](S(=O)(=O)c2ccc(Br)cc2)C(C)[C@H]1OP1OC(C(C)C)[C@@H]2CCCN21.COC[C@]12COC([C@H]1OP1OC(C(C)C)C3CCCN31)[C@H](S(=O)(=O)c1ccc(Br)cc1)O2. The molecule has 15 nitrogen and oxygen atoms in total. The summed E-state index contributed by atoms with van der Waals surface area (Å²) >= 11 is 6.70. The van der Waals surface area contributed by atoms with Gasteiger partial charge < -0.3 is 41.8 Å². The van der Waals surface area contributed by atoms with Crippen molar-refractivity contribution in [3.63, 3.8) is 0 Å². The number of ether oxygens (including phenoxy) is 5. The van der Waals surface area contributed by atoms with Gasteiger partial charge in [0.05, 0.1) is 41.8 Å². The molecule has 0 spiro atoms. The van der Waals surface area contributed by atoms with Gasteiger partial charge in [0.25, 0.3) is 17.1 Å². The molecule has 0 amide bonds. The predicted molar refractivity (Wildman–Crippen MR) is 244 cm³/mol. The zero-order chi connectivity index (χ0) is 45.0. The van der Waals surface area contributed by atoms with Crippen molar-refractivity contribution < 1.29 is 58.6 Å². The number of benzene rings is 2. The molecule has 7 fully saturated rings. The first kappa shape index (κ1) is 49.2. The van der Waals surface area contributed by atoms with Crippen LogP contribution in [-0.4, -0.2) is 138 Å². The minimum absolute atomic E-state index is 0.116. The van der Waals surface area contributed by atoms with Crippen molar-refractivity contribution in [2.45, 2.75) is 135 Å². The first-order valence-corrected chi connectivity index (χ1v) is 28.7. The molecule has 63 heavy (non-hydrogen) atoms. The maximum Gasteiger partial charge on any atom is 0.259 e. The van der Waals surface area contributed by atoms with Crippen LogP contribution in [0.1, 0.15) is 60.3 Å². The van der Waals surface area contributed by atoms with Gasteiger partial charge in [0, 0.05) is 54.3 Å². The van der Waals surface area contributed by atoms with Gasteiger partial charge in [-0.15, -0.1) is 0 Å². The average Bonchev–Trinajstić information content (AvgIpc) is 4.11. The number of nitrogens with zero attached hydrogens (tertiary/aromatic N) is 2. The van der Waals surface area contributed by atoms with Crippen molar-refractivity contribution in [2.24, 2.45) is 17.8 Å². The summed E-state index contributed by atoms with van der Waals surface area (Å²) in [5.41, 5.74) is -3.14. The summed E-state index contributed by atoms with van der Waals surface area (Å²) in [7, 11) is -6.90. The molecule has 2 aromatic rings. The van der Waals surface area contributed by atoms with Crippen LogP contribution in [0.3, 0.4) is 0 Å². The molecule has 2 bridgehead atoms.